The Balaban J connectivity index is 2.05. The van der Waals surface area contributed by atoms with Crippen LogP contribution in [0.3, 0.4) is 0 Å². The van der Waals surface area contributed by atoms with Crippen molar-refractivity contribution >= 4 is 23.1 Å². The van der Waals surface area contributed by atoms with Gasteiger partial charge in [0.1, 0.15) is 5.84 Å². The Morgan fingerprint density at radius 3 is 2.83 bits per heavy atom. The molecule has 6 nitrogen and oxygen atoms in total. The number of carbonyl (C=O) groups is 1. The van der Waals surface area contributed by atoms with Crippen LogP contribution in [0.25, 0.3) is 0 Å². The lowest BCUT2D eigenvalue weighted by Crippen LogP contribution is -2.40. The second-order valence-corrected chi connectivity index (χ2v) is 7.04. The van der Waals surface area contributed by atoms with Crippen LogP contribution in [0.2, 0.25) is 0 Å². The predicted octanol–water partition coefficient (Wildman–Crippen LogP) is 1.94. The van der Waals surface area contributed by atoms with E-state index in [1.165, 1.54) is 5.56 Å². The minimum atomic E-state index is -0.176. The molecule has 1 atom stereocenters. The van der Waals surface area contributed by atoms with Crippen molar-refractivity contribution < 1.29 is 4.79 Å². The van der Waals surface area contributed by atoms with E-state index in [1.54, 1.807) is 4.90 Å². The van der Waals surface area contributed by atoms with Gasteiger partial charge in [-0.1, -0.05) is 26.8 Å². The van der Waals surface area contributed by atoms with Crippen LogP contribution in [-0.4, -0.2) is 24.5 Å². The van der Waals surface area contributed by atoms with Gasteiger partial charge in [0, 0.05) is 36.9 Å². The number of nitrogens with two attached hydrogens (primary N) is 1. The van der Waals surface area contributed by atoms with Crippen molar-refractivity contribution in [3.05, 3.63) is 29.3 Å². The number of hydrogen-bond acceptors (Lipinski definition) is 4. The first-order chi connectivity index (χ1) is 10.8. The number of amidine groups is 1. The summed E-state index contributed by atoms with van der Waals surface area (Å²) in [7, 11) is 1.84. The zero-order chi connectivity index (χ0) is 16.8. The van der Waals surface area contributed by atoms with Crippen molar-refractivity contribution in [2.75, 3.05) is 11.9 Å². The minimum Gasteiger partial charge on any atom is -0.322 e. The molecule has 23 heavy (non-hydrogen) atoms. The van der Waals surface area contributed by atoms with Gasteiger partial charge in [-0.05, 0) is 23.3 Å². The van der Waals surface area contributed by atoms with Gasteiger partial charge in [0.15, 0.2) is 0 Å². The maximum Gasteiger partial charge on any atom is 0.227 e. The van der Waals surface area contributed by atoms with E-state index in [-0.39, 0.29) is 17.2 Å². The van der Waals surface area contributed by atoms with Crippen molar-refractivity contribution in [3.8, 4) is 0 Å². The summed E-state index contributed by atoms with van der Waals surface area (Å²) in [6, 6.07) is 6.22. The zero-order valence-electron chi connectivity index (χ0n) is 14.1. The lowest BCUT2D eigenvalue weighted by Gasteiger charge is -2.37. The molecule has 6 heteroatoms. The zero-order valence-corrected chi connectivity index (χ0v) is 14.1. The summed E-state index contributed by atoms with van der Waals surface area (Å²) >= 11 is 0. The van der Waals surface area contributed by atoms with Gasteiger partial charge in [0.2, 0.25) is 5.91 Å². The van der Waals surface area contributed by atoms with Crippen molar-refractivity contribution in [1.82, 2.24) is 5.43 Å². The third-order valence-electron chi connectivity index (χ3n) is 4.78. The van der Waals surface area contributed by atoms with Crippen molar-refractivity contribution in [3.63, 3.8) is 0 Å². The number of anilines is 1. The third-order valence-corrected chi connectivity index (χ3v) is 4.78. The van der Waals surface area contributed by atoms with Crippen LogP contribution < -0.4 is 16.2 Å². The van der Waals surface area contributed by atoms with Crippen LogP contribution in [0.1, 0.15) is 44.7 Å². The first-order valence-electron chi connectivity index (χ1n) is 7.85. The van der Waals surface area contributed by atoms with E-state index >= 15 is 0 Å². The van der Waals surface area contributed by atoms with Crippen LogP contribution in [0.15, 0.2) is 28.4 Å². The monoisotopic (exact) mass is 313 g/mol. The Labute approximate surface area is 136 Å². The summed E-state index contributed by atoms with van der Waals surface area (Å²) in [6.07, 6.45) is 1.26. The molecule has 2 heterocycles. The number of hydrazone groups is 2. The Morgan fingerprint density at radius 2 is 2.17 bits per heavy atom. The first kappa shape index (κ1) is 15.5. The van der Waals surface area contributed by atoms with E-state index in [0.717, 1.165) is 23.4 Å². The van der Waals surface area contributed by atoms with Crippen LogP contribution in [0.4, 0.5) is 5.69 Å². The summed E-state index contributed by atoms with van der Waals surface area (Å²) in [4.78, 5) is 13.9. The highest BCUT2D eigenvalue weighted by molar-refractivity contribution is 6.07. The van der Waals surface area contributed by atoms with E-state index in [9.17, 15) is 4.79 Å². The molecule has 1 amide bonds. The van der Waals surface area contributed by atoms with E-state index in [4.69, 9.17) is 5.84 Å². The van der Waals surface area contributed by atoms with Crippen molar-refractivity contribution in [1.29, 1.82) is 0 Å². The molecule has 0 spiro atoms. The molecule has 3 rings (SSSR count). The Morgan fingerprint density at radius 1 is 1.43 bits per heavy atom. The van der Waals surface area contributed by atoms with E-state index in [2.05, 4.69) is 42.5 Å². The van der Waals surface area contributed by atoms with Crippen LogP contribution >= 0.6 is 0 Å². The van der Waals surface area contributed by atoms with Crippen LogP contribution in [0, 0.1) is 5.92 Å². The number of amides is 1. The molecule has 2 aliphatic rings. The van der Waals surface area contributed by atoms with Gasteiger partial charge in [-0.3, -0.25) is 10.2 Å². The molecule has 1 aromatic carbocycles. The van der Waals surface area contributed by atoms with Gasteiger partial charge in [-0.2, -0.15) is 10.2 Å². The molecule has 3 N–H and O–H groups in total. The predicted molar refractivity (Wildman–Crippen MR) is 92.6 cm³/mol. The third kappa shape index (κ3) is 2.58. The first-order valence-corrected chi connectivity index (χ1v) is 7.85. The normalized spacial score (nSPS) is 25.0. The average Bonchev–Trinajstić information content (AvgIpc) is 2.52. The molecule has 2 aliphatic heterocycles. The summed E-state index contributed by atoms with van der Waals surface area (Å²) in [6.45, 7) is 6.35. The van der Waals surface area contributed by atoms with Gasteiger partial charge in [0.05, 0.1) is 5.71 Å². The Kier molecular flexibility index (Phi) is 3.62. The number of hydrogen-bond donors (Lipinski definition) is 2. The molecule has 0 bridgehead atoms. The van der Waals surface area contributed by atoms with Gasteiger partial charge in [0.25, 0.3) is 0 Å². The topological polar surface area (TPSA) is 83.1 Å². The molecule has 122 valence electrons. The van der Waals surface area contributed by atoms with Gasteiger partial charge < -0.3 is 10.7 Å². The van der Waals surface area contributed by atoms with Crippen molar-refractivity contribution in [2.24, 2.45) is 22.0 Å². The fourth-order valence-electron chi connectivity index (χ4n) is 3.35. The standard InChI is InChI=1S/C17H23N5O/c1-10-7-14(19-18)20-21-16(10)11-5-6-13-12(8-11)17(2,3)9-15(23)22(13)4/h5-6,8,10H,7,9,18H2,1-4H3,(H,19,20). The van der Waals surface area contributed by atoms with Crippen LogP contribution in [-0.2, 0) is 10.2 Å². The molecule has 1 unspecified atom stereocenters. The lowest BCUT2D eigenvalue weighted by atomic mass is 9.76. The van der Waals surface area contributed by atoms with E-state index in [0.29, 0.717) is 12.3 Å². The Hall–Kier alpha value is -2.37. The number of benzene rings is 1. The Bertz CT molecular complexity index is 720. The highest BCUT2D eigenvalue weighted by Gasteiger charge is 2.35. The van der Waals surface area contributed by atoms with Gasteiger partial charge in [-0.15, -0.1) is 0 Å². The smallest absolute Gasteiger partial charge is 0.227 e. The highest BCUT2D eigenvalue weighted by Crippen LogP contribution is 2.40. The second-order valence-electron chi connectivity index (χ2n) is 7.04. The van der Waals surface area contributed by atoms with E-state index < -0.39 is 0 Å². The van der Waals surface area contributed by atoms with Crippen LogP contribution in [0.5, 0.6) is 0 Å². The maximum absolute atomic E-state index is 12.1. The molecule has 0 aromatic heterocycles. The molecular weight excluding hydrogens is 290 g/mol. The largest absolute Gasteiger partial charge is 0.322 e. The fraction of sp³-hybridized carbons (Fsp3) is 0.471. The molecule has 1 aromatic rings. The molecule has 0 saturated carbocycles. The van der Waals surface area contributed by atoms with E-state index in [1.807, 2.05) is 19.2 Å². The summed E-state index contributed by atoms with van der Waals surface area (Å²) in [5.74, 6) is 6.42. The molecule has 0 aliphatic carbocycles. The van der Waals surface area contributed by atoms with Gasteiger partial charge in [-0.25, -0.2) is 0 Å². The lowest BCUT2D eigenvalue weighted by molar-refractivity contribution is -0.119. The fourth-order valence-corrected chi connectivity index (χ4v) is 3.35. The summed E-state index contributed by atoms with van der Waals surface area (Å²) in [5.41, 5.74) is 6.98. The van der Waals surface area contributed by atoms with Crippen molar-refractivity contribution in [2.45, 2.75) is 39.0 Å². The molecule has 0 radical (unpaired) electrons. The second kappa shape index (κ2) is 5.37. The quantitative estimate of drug-likeness (QED) is 0.614. The number of carbonyl (C=O) groups excluding carboxylic acids is 1. The number of rotatable bonds is 1. The average molecular weight is 313 g/mol. The SMILES string of the molecule is CC1CC(=NN)NN=C1c1ccc2c(c1)C(C)(C)CC(=O)N2C. The summed E-state index contributed by atoms with van der Waals surface area (Å²) in [5, 5.41) is 8.13. The molecule has 0 fully saturated rings. The number of fused-ring (bicyclic) bond motifs is 1. The highest BCUT2D eigenvalue weighted by atomic mass is 16.2. The molecule has 0 saturated heterocycles. The van der Waals surface area contributed by atoms with Gasteiger partial charge >= 0.3 is 0 Å². The number of nitrogens with zero attached hydrogens (tertiary/aromatic N) is 3. The minimum absolute atomic E-state index is 0.157. The summed E-state index contributed by atoms with van der Waals surface area (Å²) < 4.78 is 0. The number of nitrogens with one attached hydrogen (secondary N) is 1. The maximum atomic E-state index is 12.1. The molecular formula is C17H23N5O.